The van der Waals surface area contributed by atoms with E-state index in [1.807, 2.05) is 0 Å². The van der Waals surface area contributed by atoms with Crippen LogP contribution in [0.3, 0.4) is 0 Å². The fourth-order valence-electron chi connectivity index (χ4n) is 4.77. The number of fused-ring (bicyclic) bond motifs is 2. The van der Waals surface area contributed by atoms with Gasteiger partial charge in [0, 0.05) is 13.1 Å². The first-order valence-electron chi connectivity index (χ1n) is 12.4. The van der Waals surface area contributed by atoms with E-state index in [0.29, 0.717) is 28.0 Å². The van der Waals surface area contributed by atoms with Crippen LogP contribution in [-0.4, -0.2) is 63.1 Å². The zero-order valence-corrected chi connectivity index (χ0v) is 22.8. The Balaban J connectivity index is 1.66. The molecule has 1 heterocycles. The van der Waals surface area contributed by atoms with E-state index < -0.39 is 34.0 Å². The molecule has 3 aromatic carbocycles. The van der Waals surface area contributed by atoms with Crippen LogP contribution in [-0.2, 0) is 26.2 Å². The number of nitrogens with one attached hydrogen (secondary N) is 1. The molecule has 0 spiro atoms. The quantitative estimate of drug-likeness (QED) is 0.151. The summed E-state index contributed by atoms with van der Waals surface area (Å²) in [6, 6.07) is 12.2. The molecule has 13 heteroatoms. The maximum atomic E-state index is 13.8. The molecule has 1 amide bonds. The SMILES string of the molecule is COc1cc2ccc(S(=O)(=O)NC(CCCN=C(N)N)C(=O)N3Cc4ccccc4C3C(=O)O)cc2cc1OC. The minimum Gasteiger partial charge on any atom is -0.493 e. The number of guanidine groups is 1. The molecule has 0 fully saturated rings. The second-order valence-corrected chi connectivity index (χ2v) is 11.0. The summed E-state index contributed by atoms with van der Waals surface area (Å²) in [6.45, 7) is 0.198. The summed E-state index contributed by atoms with van der Waals surface area (Å²) < 4.78 is 40.2. The molecule has 0 bridgehead atoms. The lowest BCUT2D eigenvalue weighted by molar-refractivity contribution is -0.150. The first-order valence-corrected chi connectivity index (χ1v) is 13.9. The number of methoxy groups -OCH3 is 2. The molecule has 6 N–H and O–H groups in total. The lowest BCUT2D eigenvalue weighted by atomic mass is 10.0. The van der Waals surface area contributed by atoms with Gasteiger partial charge in [-0.1, -0.05) is 30.3 Å². The Hall–Kier alpha value is -4.36. The number of carboxylic acids is 1. The molecular formula is C27H31N5O7S. The van der Waals surface area contributed by atoms with E-state index in [1.165, 1.54) is 31.3 Å². The highest BCUT2D eigenvalue weighted by Gasteiger charge is 2.41. The summed E-state index contributed by atoms with van der Waals surface area (Å²) >= 11 is 0. The van der Waals surface area contributed by atoms with Crippen molar-refractivity contribution >= 4 is 38.6 Å². The molecule has 0 aromatic heterocycles. The van der Waals surface area contributed by atoms with Crippen LogP contribution in [0.25, 0.3) is 10.8 Å². The number of hydrogen-bond acceptors (Lipinski definition) is 7. The third-order valence-corrected chi connectivity index (χ3v) is 8.15. The molecule has 40 heavy (non-hydrogen) atoms. The highest BCUT2D eigenvalue weighted by molar-refractivity contribution is 7.89. The number of carboxylic acid groups (broad SMARTS) is 1. The highest BCUT2D eigenvalue weighted by atomic mass is 32.2. The lowest BCUT2D eigenvalue weighted by Gasteiger charge is -2.27. The van der Waals surface area contributed by atoms with Crippen LogP contribution in [0.2, 0.25) is 0 Å². The Kier molecular flexibility index (Phi) is 8.45. The number of benzene rings is 3. The second-order valence-electron chi connectivity index (χ2n) is 9.24. The van der Waals surface area contributed by atoms with Crippen molar-refractivity contribution < 1.29 is 32.6 Å². The summed E-state index contributed by atoms with van der Waals surface area (Å²) in [5.74, 6) is -1.08. The Morgan fingerprint density at radius 3 is 2.40 bits per heavy atom. The molecule has 212 valence electrons. The van der Waals surface area contributed by atoms with Gasteiger partial charge in [0.15, 0.2) is 23.5 Å². The Morgan fingerprint density at radius 2 is 1.75 bits per heavy atom. The van der Waals surface area contributed by atoms with Crippen LogP contribution in [0.5, 0.6) is 11.5 Å². The van der Waals surface area contributed by atoms with Crippen molar-refractivity contribution in [3.05, 3.63) is 65.7 Å². The van der Waals surface area contributed by atoms with E-state index in [9.17, 15) is 23.1 Å². The fraction of sp³-hybridized carbons (Fsp3) is 0.296. The van der Waals surface area contributed by atoms with Crippen LogP contribution in [0.1, 0.15) is 30.0 Å². The third-order valence-electron chi connectivity index (χ3n) is 6.68. The summed E-state index contributed by atoms with van der Waals surface area (Å²) in [4.78, 5) is 30.9. The van der Waals surface area contributed by atoms with Crippen LogP contribution in [0.4, 0.5) is 0 Å². The van der Waals surface area contributed by atoms with E-state index in [2.05, 4.69) is 9.71 Å². The van der Waals surface area contributed by atoms with Crippen LogP contribution in [0, 0.1) is 0 Å². The topological polar surface area (TPSA) is 187 Å². The van der Waals surface area contributed by atoms with Crippen molar-refractivity contribution in [1.82, 2.24) is 9.62 Å². The largest absolute Gasteiger partial charge is 0.493 e. The van der Waals surface area contributed by atoms with Crippen LogP contribution in [0.15, 0.2) is 64.5 Å². The minimum atomic E-state index is -4.22. The van der Waals surface area contributed by atoms with Crippen molar-refractivity contribution in [2.24, 2.45) is 16.5 Å². The van der Waals surface area contributed by atoms with Gasteiger partial charge in [-0.05, 0) is 59.0 Å². The number of sulfonamides is 1. The predicted octanol–water partition coefficient (Wildman–Crippen LogP) is 1.73. The standard InChI is InChI=1S/C27H31N5O7S/c1-38-22-13-16-9-10-19(12-18(16)14-23(22)39-2)40(36,37)31-21(8-5-11-30-27(28)29)25(33)32-15-17-6-3-4-7-20(17)24(32)26(34)35/h3-4,6-7,9-10,12-14,21,24,31H,5,8,11,15H2,1-2H3,(H,34,35)(H4,28,29,30). The maximum Gasteiger partial charge on any atom is 0.331 e. The minimum absolute atomic E-state index is 0.0344. The van der Waals surface area contributed by atoms with Gasteiger partial charge in [-0.3, -0.25) is 9.79 Å². The van der Waals surface area contributed by atoms with Gasteiger partial charge in [-0.2, -0.15) is 4.72 Å². The number of carbonyl (C=O) groups is 2. The summed E-state index contributed by atoms with van der Waals surface area (Å²) in [7, 11) is -1.24. The molecule has 4 rings (SSSR count). The number of aliphatic carboxylic acids is 1. The van der Waals surface area contributed by atoms with Crippen molar-refractivity contribution in [2.45, 2.75) is 36.4 Å². The number of carbonyl (C=O) groups excluding carboxylic acids is 1. The number of nitrogens with two attached hydrogens (primary N) is 2. The molecule has 1 aliphatic heterocycles. The van der Waals surface area contributed by atoms with Gasteiger partial charge in [0.2, 0.25) is 15.9 Å². The Bertz CT molecular complexity index is 1570. The first kappa shape index (κ1) is 28.6. The van der Waals surface area contributed by atoms with Gasteiger partial charge in [-0.15, -0.1) is 0 Å². The molecule has 2 unspecified atom stereocenters. The summed E-state index contributed by atoms with van der Waals surface area (Å²) in [5, 5.41) is 11.2. The molecule has 0 saturated carbocycles. The molecule has 2 atom stereocenters. The molecule has 3 aromatic rings. The van der Waals surface area contributed by atoms with Gasteiger partial charge in [0.25, 0.3) is 0 Å². The van der Waals surface area contributed by atoms with Gasteiger partial charge in [-0.25, -0.2) is 13.2 Å². The number of rotatable bonds is 11. The highest BCUT2D eigenvalue weighted by Crippen LogP contribution is 2.35. The van der Waals surface area contributed by atoms with E-state index in [1.54, 1.807) is 42.5 Å². The number of nitrogens with zero attached hydrogens (tertiary/aromatic N) is 2. The van der Waals surface area contributed by atoms with Crippen molar-refractivity contribution in [1.29, 1.82) is 0 Å². The summed E-state index contributed by atoms with van der Waals surface area (Å²) in [6.07, 6.45) is 0.302. The second kappa shape index (κ2) is 11.8. The van der Waals surface area contributed by atoms with Crippen molar-refractivity contribution in [3.63, 3.8) is 0 Å². The predicted molar refractivity (Wildman–Crippen MR) is 148 cm³/mol. The number of hydrogen-bond donors (Lipinski definition) is 4. The number of aliphatic imine (C=N–C) groups is 1. The van der Waals surface area contributed by atoms with Gasteiger partial charge in [0.1, 0.15) is 6.04 Å². The van der Waals surface area contributed by atoms with Crippen LogP contribution >= 0.6 is 0 Å². The summed E-state index contributed by atoms with van der Waals surface area (Å²) in [5.41, 5.74) is 12.0. The molecule has 1 aliphatic rings. The van der Waals surface area contributed by atoms with Gasteiger partial charge in [0.05, 0.1) is 19.1 Å². The molecule has 12 nitrogen and oxygen atoms in total. The van der Waals surface area contributed by atoms with Gasteiger partial charge < -0.3 is 30.9 Å². The van der Waals surface area contributed by atoms with E-state index in [-0.39, 0.29) is 36.8 Å². The molecule has 0 saturated heterocycles. The smallest absolute Gasteiger partial charge is 0.331 e. The monoisotopic (exact) mass is 569 g/mol. The fourth-order valence-corrected chi connectivity index (χ4v) is 6.03. The molecular weight excluding hydrogens is 538 g/mol. The Morgan fingerprint density at radius 1 is 1.07 bits per heavy atom. The number of ether oxygens (including phenoxy) is 2. The van der Waals surface area contributed by atoms with E-state index >= 15 is 0 Å². The van der Waals surface area contributed by atoms with Gasteiger partial charge >= 0.3 is 5.97 Å². The zero-order chi connectivity index (χ0) is 29.0. The van der Waals surface area contributed by atoms with E-state index in [4.69, 9.17) is 20.9 Å². The van der Waals surface area contributed by atoms with Crippen LogP contribution < -0.4 is 25.7 Å². The average Bonchev–Trinajstić information content (AvgIpc) is 3.33. The zero-order valence-electron chi connectivity index (χ0n) is 22.0. The van der Waals surface area contributed by atoms with Crippen molar-refractivity contribution in [2.75, 3.05) is 20.8 Å². The lowest BCUT2D eigenvalue weighted by Crippen LogP contribution is -2.49. The van der Waals surface area contributed by atoms with Crippen molar-refractivity contribution in [3.8, 4) is 11.5 Å². The third kappa shape index (κ3) is 5.95. The average molecular weight is 570 g/mol. The Labute approximate surface area is 231 Å². The first-order chi connectivity index (χ1) is 19.1. The molecule has 0 radical (unpaired) electrons. The molecule has 0 aliphatic carbocycles. The number of amides is 1. The van der Waals surface area contributed by atoms with E-state index in [0.717, 1.165) is 5.39 Å². The normalized spacial score (nSPS) is 15.3. The maximum absolute atomic E-state index is 13.8.